The molecule has 0 aliphatic rings. The molecule has 0 bridgehead atoms. The third-order valence-corrected chi connectivity index (χ3v) is 2.53. The molecule has 0 unspecified atom stereocenters. The van der Waals surface area contributed by atoms with Gasteiger partial charge in [-0.2, -0.15) is 0 Å². The minimum atomic E-state index is -0.592. The van der Waals surface area contributed by atoms with E-state index in [-0.39, 0.29) is 5.56 Å². The van der Waals surface area contributed by atoms with Crippen molar-refractivity contribution in [2.75, 3.05) is 13.7 Å². The van der Waals surface area contributed by atoms with Gasteiger partial charge in [-0.25, -0.2) is 9.18 Å². The fourth-order valence-corrected chi connectivity index (χ4v) is 1.64. The molecule has 19 heavy (non-hydrogen) atoms. The fourth-order valence-electron chi connectivity index (χ4n) is 1.64. The van der Waals surface area contributed by atoms with Crippen LogP contribution >= 0.6 is 0 Å². The zero-order valence-corrected chi connectivity index (χ0v) is 11.2. The molecule has 0 saturated carbocycles. The van der Waals surface area contributed by atoms with E-state index >= 15 is 0 Å². The number of rotatable bonds is 4. The molecule has 1 rings (SSSR count). The Bertz CT molecular complexity index is 536. The standard InChI is InChI=1S/C14H17FN2O2/c1-4-17-13(9(2)8-16)10-5-11(14(18)19-3)7-12(15)6-10/h5-8H,4,16H2,1-3H3. The zero-order valence-electron chi connectivity index (χ0n) is 11.2. The molecule has 5 heteroatoms. The van der Waals surface area contributed by atoms with E-state index in [1.54, 1.807) is 6.92 Å². The first-order valence-corrected chi connectivity index (χ1v) is 5.86. The molecule has 1 aromatic rings. The predicted octanol–water partition coefficient (Wildman–Crippen LogP) is 2.28. The number of ether oxygens (including phenoxy) is 1. The molecule has 0 aromatic heterocycles. The first-order chi connectivity index (χ1) is 9.03. The topological polar surface area (TPSA) is 64.7 Å². The van der Waals surface area contributed by atoms with E-state index in [4.69, 9.17) is 5.73 Å². The molecule has 0 atom stereocenters. The summed E-state index contributed by atoms with van der Waals surface area (Å²) in [5.74, 6) is -1.11. The zero-order chi connectivity index (χ0) is 14.4. The van der Waals surface area contributed by atoms with Crippen LogP contribution in [0.1, 0.15) is 29.8 Å². The van der Waals surface area contributed by atoms with Crippen LogP contribution in [-0.4, -0.2) is 25.3 Å². The second kappa shape index (κ2) is 6.68. The summed E-state index contributed by atoms with van der Waals surface area (Å²) < 4.78 is 18.2. The first kappa shape index (κ1) is 14.9. The molecule has 0 aliphatic heterocycles. The number of nitrogens with two attached hydrogens (primary N) is 1. The number of carbonyl (C=O) groups is 1. The summed E-state index contributed by atoms with van der Waals surface area (Å²) >= 11 is 0. The summed E-state index contributed by atoms with van der Waals surface area (Å²) in [4.78, 5) is 15.8. The van der Waals surface area contributed by atoms with E-state index in [2.05, 4.69) is 9.73 Å². The van der Waals surface area contributed by atoms with Crippen molar-refractivity contribution in [2.24, 2.45) is 10.7 Å². The van der Waals surface area contributed by atoms with Crippen LogP contribution in [0.2, 0.25) is 0 Å². The maximum absolute atomic E-state index is 13.6. The van der Waals surface area contributed by atoms with Gasteiger partial charge in [0.25, 0.3) is 0 Å². The number of halogens is 1. The normalized spacial score (nSPS) is 12.4. The molecule has 0 aliphatic carbocycles. The lowest BCUT2D eigenvalue weighted by Crippen LogP contribution is -2.09. The van der Waals surface area contributed by atoms with Crippen molar-refractivity contribution >= 4 is 11.7 Å². The number of hydrogen-bond acceptors (Lipinski definition) is 4. The molecule has 4 nitrogen and oxygen atoms in total. The average Bonchev–Trinajstić information content (AvgIpc) is 2.42. The van der Waals surface area contributed by atoms with E-state index in [1.165, 1.54) is 25.4 Å². The minimum absolute atomic E-state index is 0.145. The summed E-state index contributed by atoms with van der Waals surface area (Å²) in [5.41, 5.74) is 7.40. The molecule has 0 radical (unpaired) electrons. The van der Waals surface area contributed by atoms with E-state index in [0.29, 0.717) is 23.4 Å². The molecule has 2 N–H and O–H groups in total. The molecule has 1 aromatic carbocycles. The molecular formula is C14H17FN2O2. The SMILES string of the molecule is CCN=C(C(C)=CN)c1cc(F)cc(C(=O)OC)c1. The highest BCUT2D eigenvalue weighted by Gasteiger charge is 2.13. The molecular weight excluding hydrogens is 247 g/mol. The van der Waals surface area contributed by atoms with Crippen molar-refractivity contribution in [3.05, 3.63) is 46.9 Å². The summed E-state index contributed by atoms with van der Waals surface area (Å²) in [5, 5.41) is 0. The van der Waals surface area contributed by atoms with Gasteiger partial charge in [0, 0.05) is 12.1 Å². The van der Waals surface area contributed by atoms with Crippen molar-refractivity contribution < 1.29 is 13.9 Å². The van der Waals surface area contributed by atoms with Gasteiger partial charge in [0.1, 0.15) is 5.82 Å². The van der Waals surface area contributed by atoms with Crippen LogP contribution in [0.4, 0.5) is 4.39 Å². The lowest BCUT2D eigenvalue weighted by atomic mass is 10.0. The number of carbonyl (C=O) groups excluding carboxylic acids is 1. The lowest BCUT2D eigenvalue weighted by molar-refractivity contribution is 0.0600. The van der Waals surface area contributed by atoms with Gasteiger partial charge in [0.2, 0.25) is 0 Å². The predicted molar refractivity (Wildman–Crippen MR) is 72.8 cm³/mol. The Kier molecular flexibility index (Phi) is 5.23. The van der Waals surface area contributed by atoms with E-state index in [1.807, 2.05) is 6.92 Å². The Morgan fingerprint density at radius 3 is 2.58 bits per heavy atom. The number of aliphatic imine (C=N–C) groups is 1. The first-order valence-electron chi connectivity index (χ1n) is 5.86. The van der Waals surface area contributed by atoms with E-state index in [0.717, 1.165) is 6.07 Å². The molecule has 102 valence electrons. The van der Waals surface area contributed by atoms with Crippen molar-refractivity contribution in [1.82, 2.24) is 0 Å². The summed E-state index contributed by atoms with van der Waals surface area (Å²) in [6, 6.07) is 3.98. The Morgan fingerprint density at radius 2 is 2.05 bits per heavy atom. The molecule has 0 fully saturated rings. The van der Waals surface area contributed by atoms with Crippen molar-refractivity contribution in [3.63, 3.8) is 0 Å². The van der Waals surface area contributed by atoms with Gasteiger partial charge in [0.15, 0.2) is 0 Å². The number of benzene rings is 1. The van der Waals surface area contributed by atoms with Gasteiger partial charge in [0.05, 0.1) is 18.4 Å². The summed E-state index contributed by atoms with van der Waals surface area (Å²) in [7, 11) is 1.25. The largest absolute Gasteiger partial charge is 0.465 e. The van der Waals surface area contributed by atoms with Crippen molar-refractivity contribution in [1.29, 1.82) is 0 Å². The molecule has 0 heterocycles. The second-order valence-corrected chi connectivity index (χ2v) is 3.89. The van der Waals surface area contributed by atoms with Crippen molar-refractivity contribution in [3.8, 4) is 0 Å². The van der Waals surface area contributed by atoms with Crippen LogP contribution in [0.5, 0.6) is 0 Å². The summed E-state index contributed by atoms with van der Waals surface area (Å²) in [6.07, 6.45) is 1.40. The minimum Gasteiger partial charge on any atom is -0.465 e. The third kappa shape index (κ3) is 3.64. The average molecular weight is 264 g/mol. The second-order valence-electron chi connectivity index (χ2n) is 3.89. The maximum atomic E-state index is 13.6. The van der Waals surface area contributed by atoms with Crippen LogP contribution in [0.15, 0.2) is 35.0 Å². The Balaban J connectivity index is 3.36. The third-order valence-electron chi connectivity index (χ3n) is 2.53. The quantitative estimate of drug-likeness (QED) is 0.670. The Labute approximate surface area is 111 Å². The highest BCUT2D eigenvalue weighted by molar-refractivity contribution is 6.13. The number of esters is 1. The van der Waals surface area contributed by atoms with Crippen LogP contribution in [0.25, 0.3) is 0 Å². The van der Waals surface area contributed by atoms with Gasteiger partial charge >= 0.3 is 5.97 Å². The number of nitrogens with zero attached hydrogens (tertiary/aromatic N) is 1. The van der Waals surface area contributed by atoms with E-state index in [9.17, 15) is 9.18 Å². The molecule has 0 saturated heterocycles. The Hall–Kier alpha value is -2.17. The smallest absolute Gasteiger partial charge is 0.337 e. The monoisotopic (exact) mass is 264 g/mol. The Morgan fingerprint density at radius 1 is 1.42 bits per heavy atom. The molecule has 0 spiro atoms. The van der Waals surface area contributed by atoms with Gasteiger partial charge in [-0.1, -0.05) is 0 Å². The molecule has 0 amide bonds. The number of hydrogen-bond donors (Lipinski definition) is 1. The van der Waals surface area contributed by atoms with Crippen LogP contribution < -0.4 is 5.73 Å². The lowest BCUT2D eigenvalue weighted by Gasteiger charge is -2.09. The van der Waals surface area contributed by atoms with Gasteiger partial charge in [-0.05, 0) is 43.8 Å². The van der Waals surface area contributed by atoms with Crippen LogP contribution in [-0.2, 0) is 4.74 Å². The fraction of sp³-hybridized carbons (Fsp3) is 0.286. The van der Waals surface area contributed by atoms with Crippen LogP contribution in [0.3, 0.4) is 0 Å². The summed E-state index contributed by atoms with van der Waals surface area (Å²) in [6.45, 7) is 4.17. The number of allylic oxidation sites excluding steroid dienone is 1. The van der Waals surface area contributed by atoms with Gasteiger partial charge in [-0.3, -0.25) is 4.99 Å². The highest BCUT2D eigenvalue weighted by atomic mass is 19.1. The number of methoxy groups -OCH3 is 1. The van der Waals surface area contributed by atoms with Gasteiger partial charge in [-0.15, -0.1) is 0 Å². The van der Waals surface area contributed by atoms with Crippen molar-refractivity contribution in [2.45, 2.75) is 13.8 Å². The maximum Gasteiger partial charge on any atom is 0.337 e. The van der Waals surface area contributed by atoms with E-state index < -0.39 is 11.8 Å². The van der Waals surface area contributed by atoms with Crippen LogP contribution in [0, 0.1) is 5.82 Å². The van der Waals surface area contributed by atoms with Gasteiger partial charge < -0.3 is 10.5 Å². The highest BCUT2D eigenvalue weighted by Crippen LogP contribution is 2.15.